The lowest BCUT2D eigenvalue weighted by atomic mass is 10.1. The summed E-state index contributed by atoms with van der Waals surface area (Å²) in [5.41, 5.74) is 2.90. The summed E-state index contributed by atoms with van der Waals surface area (Å²) in [5, 5.41) is 12.0. The normalized spacial score (nSPS) is 10.7. The zero-order valence-corrected chi connectivity index (χ0v) is 18.3. The summed E-state index contributed by atoms with van der Waals surface area (Å²) in [5.74, 6) is 0.913. The van der Waals surface area contributed by atoms with E-state index < -0.39 is 0 Å². The molecule has 4 rings (SSSR count). The Morgan fingerprint density at radius 2 is 1.78 bits per heavy atom. The third-order valence-electron chi connectivity index (χ3n) is 4.72. The molecule has 0 aliphatic rings. The van der Waals surface area contributed by atoms with Crippen LogP contribution >= 0.6 is 11.8 Å². The van der Waals surface area contributed by atoms with Gasteiger partial charge in [-0.2, -0.15) is 0 Å². The summed E-state index contributed by atoms with van der Waals surface area (Å²) >= 11 is 1.42. The second-order valence-corrected chi connectivity index (χ2v) is 7.75. The van der Waals surface area contributed by atoms with Gasteiger partial charge in [-0.15, -0.1) is 5.10 Å². The minimum absolute atomic E-state index is 0.259. The molecule has 1 N–H and O–H groups in total. The van der Waals surface area contributed by atoms with E-state index in [1.54, 1.807) is 30.3 Å². The number of hydrogen-bond acceptors (Lipinski definition) is 7. The quantitative estimate of drug-likeness (QED) is 0.311. The molecule has 0 atom stereocenters. The SMILES string of the molecule is COc1ccc(-n2nnc(C(=O)NCCc3ccccc3)c2CSc2ncccn2)cc1. The minimum atomic E-state index is -0.259. The van der Waals surface area contributed by atoms with Gasteiger partial charge in [0.05, 0.1) is 18.5 Å². The summed E-state index contributed by atoms with van der Waals surface area (Å²) in [6, 6.07) is 19.2. The lowest BCUT2D eigenvalue weighted by Crippen LogP contribution is -2.27. The molecule has 8 nitrogen and oxygen atoms in total. The van der Waals surface area contributed by atoms with Gasteiger partial charge in [0.15, 0.2) is 10.9 Å². The second-order valence-electron chi connectivity index (χ2n) is 6.81. The van der Waals surface area contributed by atoms with Crippen molar-refractivity contribution in [3.05, 3.63) is 90.0 Å². The van der Waals surface area contributed by atoms with Crippen LogP contribution in [0, 0.1) is 0 Å². The molecule has 2 aromatic heterocycles. The fraction of sp³-hybridized carbons (Fsp3) is 0.174. The van der Waals surface area contributed by atoms with Crippen molar-refractivity contribution in [2.24, 2.45) is 0 Å². The van der Waals surface area contributed by atoms with Gasteiger partial charge in [0.25, 0.3) is 5.91 Å². The molecule has 9 heteroatoms. The molecule has 1 amide bonds. The monoisotopic (exact) mass is 446 g/mol. The van der Waals surface area contributed by atoms with Gasteiger partial charge in [0, 0.05) is 24.7 Å². The van der Waals surface area contributed by atoms with Crippen LogP contribution < -0.4 is 10.1 Å². The van der Waals surface area contributed by atoms with Crippen LogP contribution in [0.2, 0.25) is 0 Å². The lowest BCUT2D eigenvalue weighted by Gasteiger charge is -2.09. The fourth-order valence-electron chi connectivity index (χ4n) is 3.08. The third-order valence-corrected chi connectivity index (χ3v) is 5.60. The maximum atomic E-state index is 12.9. The second kappa shape index (κ2) is 10.5. The number of carbonyl (C=O) groups excluding carboxylic acids is 1. The molecular formula is C23H22N6O2S. The highest BCUT2D eigenvalue weighted by Gasteiger charge is 2.21. The van der Waals surface area contributed by atoms with Crippen LogP contribution in [-0.4, -0.2) is 44.5 Å². The van der Waals surface area contributed by atoms with Crippen LogP contribution in [0.5, 0.6) is 5.75 Å². The van der Waals surface area contributed by atoms with Crippen molar-refractivity contribution in [3.63, 3.8) is 0 Å². The van der Waals surface area contributed by atoms with E-state index in [1.807, 2.05) is 54.6 Å². The van der Waals surface area contributed by atoms with Gasteiger partial charge in [-0.25, -0.2) is 14.6 Å². The summed E-state index contributed by atoms with van der Waals surface area (Å²) < 4.78 is 6.90. The largest absolute Gasteiger partial charge is 0.497 e. The van der Waals surface area contributed by atoms with E-state index in [1.165, 1.54) is 11.8 Å². The number of amides is 1. The zero-order chi connectivity index (χ0) is 22.2. The summed E-state index contributed by atoms with van der Waals surface area (Å²) in [4.78, 5) is 21.4. The Labute approximate surface area is 190 Å². The summed E-state index contributed by atoms with van der Waals surface area (Å²) in [6.07, 6.45) is 4.11. The Morgan fingerprint density at radius 1 is 1.03 bits per heavy atom. The highest BCUT2D eigenvalue weighted by atomic mass is 32.2. The number of methoxy groups -OCH3 is 1. The van der Waals surface area contributed by atoms with Gasteiger partial charge in [0.1, 0.15) is 5.75 Å². The number of benzene rings is 2. The van der Waals surface area contributed by atoms with Gasteiger partial charge >= 0.3 is 0 Å². The van der Waals surface area contributed by atoms with Crippen molar-refractivity contribution in [1.82, 2.24) is 30.3 Å². The molecule has 2 heterocycles. The average Bonchev–Trinajstić information content (AvgIpc) is 3.28. The molecule has 0 radical (unpaired) electrons. The van der Waals surface area contributed by atoms with E-state index in [-0.39, 0.29) is 11.6 Å². The van der Waals surface area contributed by atoms with Gasteiger partial charge in [-0.05, 0) is 42.3 Å². The smallest absolute Gasteiger partial charge is 0.273 e. The van der Waals surface area contributed by atoms with Crippen molar-refractivity contribution in [1.29, 1.82) is 0 Å². The standard InChI is InChI=1S/C23H22N6O2S/c1-31-19-10-8-18(9-11-19)29-20(16-32-23-25-13-5-14-26-23)21(27-28-29)22(30)24-15-12-17-6-3-2-4-7-17/h2-11,13-14H,12,15-16H2,1H3,(H,24,30). The molecule has 0 bridgehead atoms. The first-order chi connectivity index (χ1) is 15.7. The molecule has 0 aliphatic heterocycles. The third kappa shape index (κ3) is 5.30. The Bertz CT molecular complexity index is 1150. The van der Waals surface area contributed by atoms with E-state index in [9.17, 15) is 4.79 Å². The number of ether oxygens (including phenoxy) is 1. The predicted octanol–water partition coefficient (Wildman–Crippen LogP) is 3.33. The molecule has 0 saturated carbocycles. The zero-order valence-electron chi connectivity index (χ0n) is 17.5. The van der Waals surface area contributed by atoms with Gasteiger partial charge in [-0.1, -0.05) is 47.3 Å². The highest BCUT2D eigenvalue weighted by molar-refractivity contribution is 7.98. The predicted molar refractivity (Wildman–Crippen MR) is 122 cm³/mol. The molecule has 162 valence electrons. The summed E-state index contributed by atoms with van der Waals surface area (Å²) in [6.45, 7) is 0.507. The van der Waals surface area contributed by atoms with Crippen molar-refractivity contribution in [2.75, 3.05) is 13.7 Å². The van der Waals surface area contributed by atoms with Crippen LogP contribution in [0.1, 0.15) is 21.7 Å². The molecule has 4 aromatic rings. The Kier molecular flexibility index (Phi) is 7.08. The van der Waals surface area contributed by atoms with Crippen LogP contribution in [-0.2, 0) is 12.2 Å². The molecule has 0 fully saturated rings. The van der Waals surface area contributed by atoms with Crippen molar-refractivity contribution in [3.8, 4) is 11.4 Å². The number of aromatic nitrogens is 5. The molecule has 0 spiro atoms. The Hall–Kier alpha value is -3.72. The molecular weight excluding hydrogens is 424 g/mol. The number of nitrogens with one attached hydrogen (secondary N) is 1. The number of hydrogen-bond donors (Lipinski definition) is 1. The Balaban J connectivity index is 1.54. The van der Waals surface area contributed by atoms with Crippen molar-refractivity contribution < 1.29 is 9.53 Å². The first-order valence-electron chi connectivity index (χ1n) is 10.1. The van der Waals surface area contributed by atoms with E-state index in [2.05, 4.69) is 25.6 Å². The first-order valence-corrected chi connectivity index (χ1v) is 11.0. The number of thioether (sulfide) groups is 1. The highest BCUT2D eigenvalue weighted by Crippen LogP contribution is 2.23. The number of rotatable bonds is 9. The first kappa shape index (κ1) is 21.5. The van der Waals surface area contributed by atoms with Crippen LogP contribution in [0.4, 0.5) is 0 Å². The molecule has 0 unspecified atom stereocenters. The van der Waals surface area contributed by atoms with Crippen LogP contribution in [0.3, 0.4) is 0 Å². The molecule has 0 aliphatic carbocycles. The number of nitrogens with zero attached hydrogens (tertiary/aromatic N) is 5. The maximum absolute atomic E-state index is 12.9. The van der Waals surface area contributed by atoms with E-state index >= 15 is 0 Å². The Morgan fingerprint density at radius 3 is 2.50 bits per heavy atom. The average molecular weight is 447 g/mol. The topological polar surface area (TPSA) is 94.8 Å². The fourth-order valence-corrected chi connectivity index (χ4v) is 3.88. The van der Waals surface area contributed by atoms with Crippen LogP contribution in [0.15, 0.2) is 78.2 Å². The molecule has 0 saturated heterocycles. The van der Waals surface area contributed by atoms with E-state index in [0.717, 1.165) is 23.4 Å². The maximum Gasteiger partial charge on any atom is 0.273 e. The van der Waals surface area contributed by atoms with Gasteiger partial charge in [-0.3, -0.25) is 4.79 Å². The summed E-state index contributed by atoms with van der Waals surface area (Å²) in [7, 11) is 1.62. The van der Waals surface area contributed by atoms with Crippen molar-refractivity contribution in [2.45, 2.75) is 17.3 Å². The van der Waals surface area contributed by atoms with Crippen molar-refractivity contribution >= 4 is 17.7 Å². The van der Waals surface area contributed by atoms with Gasteiger partial charge in [0.2, 0.25) is 0 Å². The lowest BCUT2D eigenvalue weighted by molar-refractivity contribution is 0.0948. The minimum Gasteiger partial charge on any atom is -0.497 e. The van der Waals surface area contributed by atoms with E-state index in [4.69, 9.17) is 4.74 Å². The number of carbonyl (C=O) groups is 1. The molecule has 2 aromatic carbocycles. The van der Waals surface area contributed by atoms with E-state index in [0.29, 0.717) is 23.1 Å². The van der Waals surface area contributed by atoms with Gasteiger partial charge < -0.3 is 10.1 Å². The molecule has 32 heavy (non-hydrogen) atoms. The van der Waals surface area contributed by atoms with Crippen LogP contribution in [0.25, 0.3) is 5.69 Å².